The fourth-order valence-electron chi connectivity index (χ4n) is 0. The zero-order valence-corrected chi connectivity index (χ0v) is 10.0. The fraction of sp³-hybridized carbons (Fsp3) is 0. The average Bonchev–Trinajstić information content (AvgIpc) is 0. The van der Waals surface area contributed by atoms with Crippen molar-refractivity contribution in [2.75, 3.05) is 0 Å². The van der Waals surface area contributed by atoms with E-state index in [-0.39, 0.29) is 114 Å². The van der Waals surface area contributed by atoms with Gasteiger partial charge in [0.15, 0.2) is 0 Å². The van der Waals surface area contributed by atoms with E-state index in [1.54, 1.807) is 0 Å². The SMILES string of the molecule is [K+].[Na+].[O-2].[O-2].[Ti+4]. The molecule has 0 N–H and O–H groups in total. The minimum Gasteiger partial charge on any atom is -2.00 e. The Morgan fingerprint density at radius 2 is 0.800 bits per heavy atom. The van der Waals surface area contributed by atoms with Gasteiger partial charge in [-0.2, -0.15) is 0 Å². The van der Waals surface area contributed by atoms with E-state index in [1.165, 1.54) is 0 Å². The van der Waals surface area contributed by atoms with Crippen molar-refractivity contribution in [1.29, 1.82) is 0 Å². The molecule has 0 spiro atoms. The third-order valence-electron chi connectivity index (χ3n) is 0. The third kappa shape index (κ3) is 18.9. The molecule has 0 bridgehead atoms. The molecular weight excluding hydrogens is 142 g/mol. The van der Waals surface area contributed by atoms with Crippen molar-refractivity contribution in [3.63, 3.8) is 0 Å². The van der Waals surface area contributed by atoms with Gasteiger partial charge in [-0.25, -0.2) is 0 Å². The largest absolute Gasteiger partial charge is 4.00 e. The molecule has 0 atom stereocenters. The topological polar surface area (TPSA) is 57.0 Å². The van der Waals surface area contributed by atoms with Crippen LogP contribution in [0.5, 0.6) is 0 Å². The predicted molar refractivity (Wildman–Crippen MR) is 1.37 cm³/mol. The van der Waals surface area contributed by atoms with E-state index in [4.69, 9.17) is 0 Å². The Kier molecular flexibility index (Phi) is 218. The minimum atomic E-state index is 0. The number of hydrogen-bond acceptors (Lipinski definition) is 0. The first-order valence-corrected chi connectivity index (χ1v) is 0. The van der Waals surface area contributed by atoms with Gasteiger partial charge < -0.3 is 11.0 Å². The van der Waals surface area contributed by atoms with Gasteiger partial charge >= 0.3 is 103 Å². The van der Waals surface area contributed by atoms with Crippen molar-refractivity contribution in [3.05, 3.63) is 0 Å². The van der Waals surface area contributed by atoms with Crippen molar-refractivity contribution in [3.8, 4) is 0 Å². The third-order valence-corrected chi connectivity index (χ3v) is 0. The molecule has 0 aliphatic rings. The Hall–Kier alpha value is 3.27. The van der Waals surface area contributed by atoms with Crippen LogP contribution >= 0.6 is 0 Å². The van der Waals surface area contributed by atoms with Gasteiger partial charge in [0.1, 0.15) is 0 Å². The van der Waals surface area contributed by atoms with Crippen LogP contribution in [-0.4, -0.2) is 0 Å². The minimum absolute atomic E-state index is 0. The second kappa shape index (κ2) is 26.7. The van der Waals surface area contributed by atoms with Crippen LogP contribution in [0.2, 0.25) is 0 Å². The van der Waals surface area contributed by atoms with Gasteiger partial charge in [0.25, 0.3) is 0 Å². The van der Waals surface area contributed by atoms with Crippen LogP contribution in [0.1, 0.15) is 0 Å². The van der Waals surface area contributed by atoms with Crippen LogP contribution in [0.15, 0.2) is 0 Å². The summed E-state index contributed by atoms with van der Waals surface area (Å²) in [5.74, 6) is 0. The van der Waals surface area contributed by atoms with E-state index in [2.05, 4.69) is 0 Å². The standard InChI is InChI=1S/K.Na.2O.Ti/q2*+1;2*-2;+4. The monoisotopic (exact) mass is 142 g/mol. The summed E-state index contributed by atoms with van der Waals surface area (Å²) >= 11 is 0. The molecule has 2 nitrogen and oxygen atoms in total. The molecule has 0 radical (unpaired) electrons. The fourth-order valence-corrected chi connectivity index (χ4v) is 0. The molecule has 0 unspecified atom stereocenters. The molecule has 16 valence electrons. The van der Waals surface area contributed by atoms with Crippen molar-refractivity contribution in [1.82, 2.24) is 0 Å². The smallest absolute Gasteiger partial charge is 2.00 e. The maximum Gasteiger partial charge on any atom is 4.00 e. The van der Waals surface area contributed by atoms with Gasteiger partial charge in [-0.15, -0.1) is 0 Å². The van der Waals surface area contributed by atoms with Gasteiger partial charge in [0.2, 0.25) is 0 Å². The van der Waals surface area contributed by atoms with Crippen LogP contribution in [0.25, 0.3) is 0 Å². The number of rotatable bonds is 0. The average molecular weight is 142 g/mol. The molecule has 0 aromatic rings. The van der Waals surface area contributed by atoms with Gasteiger partial charge in [-0.1, -0.05) is 0 Å². The molecule has 0 aromatic heterocycles. The Morgan fingerprint density at radius 1 is 0.800 bits per heavy atom. The van der Waals surface area contributed by atoms with E-state index in [0.717, 1.165) is 0 Å². The molecule has 0 saturated carbocycles. The first kappa shape index (κ1) is 40.9. The van der Waals surface area contributed by atoms with Gasteiger partial charge in [-0.3, -0.25) is 0 Å². The van der Waals surface area contributed by atoms with Crippen LogP contribution in [-0.2, 0) is 32.7 Å². The first-order chi connectivity index (χ1) is 0. The summed E-state index contributed by atoms with van der Waals surface area (Å²) in [6, 6.07) is 0. The molecular formula is KNaO2Ti+2. The summed E-state index contributed by atoms with van der Waals surface area (Å²) in [7, 11) is 0. The van der Waals surface area contributed by atoms with E-state index < -0.39 is 0 Å². The molecule has 0 fully saturated rings. The van der Waals surface area contributed by atoms with Crippen LogP contribution in [0.3, 0.4) is 0 Å². The molecule has 5 heavy (non-hydrogen) atoms. The predicted octanol–water partition coefficient (Wildman–Crippen LogP) is -6.23. The van der Waals surface area contributed by atoms with Gasteiger partial charge in [0, 0.05) is 0 Å². The summed E-state index contributed by atoms with van der Waals surface area (Å²) in [4.78, 5) is 0. The van der Waals surface area contributed by atoms with E-state index in [1.807, 2.05) is 0 Å². The van der Waals surface area contributed by atoms with Gasteiger partial charge in [0.05, 0.1) is 0 Å². The summed E-state index contributed by atoms with van der Waals surface area (Å²) in [5.41, 5.74) is 0. The molecule has 0 saturated heterocycles. The molecule has 0 aliphatic carbocycles. The van der Waals surface area contributed by atoms with Crippen molar-refractivity contribution >= 4 is 0 Å². The number of hydrogen-bond donors (Lipinski definition) is 0. The van der Waals surface area contributed by atoms with Gasteiger partial charge in [-0.05, 0) is 0 Å². The molecule has 0 aromatic carbocycles. The summed E-state index contributed by atoms with van der Waals surface area (Å²) in [5, 5.41) is 0. The summed E-state index contributed by atoms with van der Waals surface area (Å²) in [6.07, 6.45) is 0. The maximum absolute atomic E-state index is 0. The normalized spacial score (nSPS) is 0. The second-order valence-corrected chi connectivity index (χ2v) is 0. The maximum atomic E-state index is 0. The van der Waals surface area contributed by atoms with Crippen LogP contribution < -0.4 is 80.9 Å². The summed E-state index contributed by atoms with van der Waals surface area (Å²) in [6.45, 7) is 0. The van der Waals surface area contributed by atoms with E-state index in [0.29, 0.717) is 0 Å². The Morgan fingerprint density at radius 3 is 0.800 bits per heavy atom. The van der Waals surface area contributed by atoms with Crippen molar-refractivity contribution < 1.29 is 114 Å². The van der Waals surface area contributed by atoms with E-state index >= 15 is 0 Å². The zero-order chi connectivity index (χ0) is 0. The first-order valence-electron chi connectivity index (χ1n) is 0. The Bertz CT molecular complexity index is 9.61. The molecule has 0 rings (SSSR count). The molecule has 0 aliphatic heterocycles. The van der Waals surface area contributed by atoms with E-state index in [9.17, 15) is 0 Å². The molecule has 0 amide bonds. The molecule has 5 heteroatoms. The van der Waals surface area contributed by atoms with Crippen molar-refractivity contribution in [2.24, 2.45) is 0 Å². The zero-order valence-electron chi connectivity index (χ0n) is 3.32. The Balaban J connectivity index is 0. The second-order valence-electron chi connectivity index (χ2n) is 0. The quantitative estimate of drug-likeness (QED) is 0.302. The molecule has 0 heterocycles. The van der Waals surface area contributed by atoms with Crippen molar-refractivity contribution in [2.45, 2.75) is 0 Å². The Labute approximate surface area is 111 Å². The van der Waals surface area contributed by atoms with Crippen LogP contribution in [0.4, 0.5) is 0 Å². The van der Waals surface area contributed by atoms with Crippen LogP contribution in [0, 0.1) is 0 Å². The summed E-state index contributed by atoms with van der Waals surface area (Å²) < 4.78 is 0.